The number of carboxylic acid groups (broad SMARTS) is 1. The zero-order chi connectivity index (χ0) is 17.6. The van der Waals surface area contributed by atoms with Gasteiger partial charge in [0.1, 0.15) is 11.7 Å². The van der Waals surface area contributed by atoms with E-state index in [9.17, 15) is 19.5 Å². The zero-order valence-corrected chi connectivity index (χ0v) is 13.8. The van der Waals surface area contributed by atoms with Gasteiger partial charge in [-0.3, -0.25) is 14.6 Å². The average molecular weight is 321 g/mol. The lowest BCUT2D eigenvalue weighted by atomic mass is 9.88. The first-order valence-electron chi connectivity index (χ1n) is 7.56. The molecule has 1 aromatic heterocycles. The minimum Gasteiger partial charge on any atom is -0.480 e. The molecule has 0 aliphatic heterocycles. The lowest BCUT2D eigenvalue weighted by Gasteiger charge is -2.24. The molecule has 0 spiro atoms. The monoisotopic (exact) mass is 321 g/mol. The second-order valence-electron chi connectivity index (χ2n) is 6.14. The number of carbonyl (C=O) groups is 3. The maximum Gasteiger partial charge on any atom is 0.326 e. The number of nitrogens with one attached hydrogen (secondary N) is 1. The minimum absolute atomic E-state index is 0.0351. The van der Waals surface area contributed by atoms with Gasteiger partial charge in [-0.15, -0.1) is 0 Å². The molecular weight excluding hydrogens is 298 g/mol. The highest BCUT2D eigenvalue weighted by Gasteiger charge is 2.31. The molecule has 0 aliphatic carbocycles. The van der Waals surface area contributed by atoms with Gasteiger partial charge in [-0.2, -0.15) is 0 Å². The Morgan fingerprint density at radius 1 is 1.13 bits per heavy atom. The Morgan fingerprint density at radius 3 is 2.22 bits per heavy atom. The van der Waals surface area contributed by atoms with Crippen LogP contribution in [0.25, 0.3) is 0 Å². The molecule has 2 N–H and O–H groups in total. The molecule has 0 aromatic carbocycles. The fraction of sp³-hybridized carbons (Fsp3) is 0.562. The van der Waals surface area contributed by atoms with Gasteiger partial charge < -0.3 is 10.4 Å². The number of ketones is 1. The summed E-state index contributed by atoms with van der Waals surface area (Å²) in [6.45, 7) is 7.07. The van der Waals surface area contributed by atoms with Gasteiger partial charge >= 0.3 is 5.97 Å². The number of nitrogens with zero attached hydrogens (tertiary/aromatic N) is 2. The van der Waals surface area contributed by atoms with Crippen LogP contribution in [0.3, 0.4) is 0 Å². The number of rotatable bonds is 8. The van der Waals surface area contributed by atoms with Crippen LogP contribution in [0, 0.1) is 17.8 Å². The predicted octanol–water partition coefficient (Wildman–Crippen LogP) is 1.55. The topological polar surface area (TPSA) is 109 Å². The summed E-state index contributed by atoms with van der Waals surface area (Å²) in [6.07, 6.45) is 4.19. The van der Waals surface area contributed by atoms with Crippen LogP contribution < -0.4 is 5.32 Å². The van der Waals surface area contributed by atoms with Crippen LogP contribution in [0.5, 0.6) is 0 Å². The van der Waals surface area contributed by atoms with E-state index >= 15 is 0 Å². The van der Waals surface area contributed by atoms with E-state index in [-0.39, 0.29) is 29.7 Å². The van der Waals surface area contributed by atoms with E-state index in [0.717, 1.165) is 0 Å². The quantitative estimate of drug-likeness (QED) is 0.703. The molecule has 23 heavy (non-hydrogen) atoms. The number of amides is 1. The van der Waals surface area contributed by atoms with Crippen molar-refractivity contribution in [2.45, 2.75) is 40.2 Å². The summed E-state index contributed by atoms with van der Waals surface area (Å²) in [5, 5.41) is 11.7. The molecule has 0 bridgehead atoms. The van der Waals surface area contributed by atoms with Crippen LogP contribution in [0.4, 0.5) is 0 Å². The van der Waals surface area contributed by atoms with E-state index in [2.05, 4.69) is 15.3 Å². The smallest absolute Gasteiger partial charge is 0.326 e. The van der Waals surface area contributed by atoms with Crippen molar-refractivity contribution in [3.8, 4) is 0 Å². The van der Waals surface area contributed by atoms with Gasteiger partial charge in [0, 0.05) is 24.7 Å². The molecule has 1 rings (SSSR count). The summed E-state index contributed by atoms with van der Waals surface area (Å²) < 4.78 is 0. The molecule has 2 atom stereocenters. The molecule has 0 saturated carbocycles. The van der Waals surface area contributed by atoms with Gasteiger partial charge in [0.15, 0.2) is 5.78 Å². The number of aliphatic carboxylic acids is 1. The Balaban J connectivity index is 2.83. The maximum absolute atomic E-state index is 12.4. The van der Waals surface area contributed by atoms with Crippen LogP contribution in [-0.2, 0) is 9.59 Å². The van der Waals surface area contributed by atoms with Crippen molar-refractivity contribution in [3.63, 3.8) is 0 Å². The molecule has 1 amide bonds. The summed E-state index contributed by atoms with van der Waals surface area (Å²) in [6, 6.07) is -0.977. The van der Waals surface area contributed by atoms with Crippen LogP contribution >= 0.6 is 0 Å². The van der Waals surface area contributed by atoms with Crippen molar-refractivity contribution in [1.29, 1.82) is 0 Å². The van der Waals surface area contributed by atoms with E-state index in [4.69, 9.17) is 0 Å². The lowest BCUT2D eigenvalue weighted by molar-refractivity contribution is -0.144. The minimum atomic E-state index is -1.09. The molecule has 1 heterocycles. The molecule has 0 unspecified atom stereocenters. The van der Waals surface area contributed by atoms with Crippen molar-refractivity contribution >= 4 is 17.7 Å². The SMILES string of the molecule is CC(C)[C@H](CC(=O)c1cnccn1)C(=O)N[C@H](C(=O)O)C(C)C. The lowest BCUT2D eigenvalue weighted by Crippen LogP contribution is -2.47. The summed E-state index contributed by atoms with van der Waals surface area (Å²) in [5.41, 5.74) is 0.199. The van der Waals surface area contributed by atoms with E-state index in [1.54, 1.807) is 13.8 Å². The van der Waals surface area contributed by atoms with Crippen LogP contribution in [0.1, 0.15) is 44.6 Å². The Hall–Kier alpha value is -2.31. The summed E-state index contributed by atoms with van der Waals surface area (Å²) >= 11 is 0. The molecule has 7 heteroatoms. The Morgan fingerprint density at radius 2 is 1.78 bits per heavy atom. The molecule has 0 aliphatic rings. The summed E-state index contributed by atoms with van der Waals surface area (Å²) in [4.78, 5) is 43.6. The largest absolute Gasteiger partial charge is 0.480 e. The van der Waals surface area contributed by atoms with Gasteiger partial charge in [0.2, 0.25) is 5.91 Å². The second-order valence-corrected chi connectivity index (χ2v) is 6.14. The number of hydrogen-bond donors (Lipinski definition) is 2. The molecule has 1 aromatic rings. The normalized spacial score (nSPS) is 13.7. The standard InChI is InChI=1S/C16H23N3O4/c1-9(2)11(7-13(20)12-8-17-5-6-18-12)15(21)19-14(10(3)4)16(22)23/h5-6,8-11,14H,7H2,1-4H3,(H,19,21)(H,22,23)/t11-,14-/m0/s1. The maximum atomic E-state index is 12.4. The van der Waals surface area contributed by atoms with Gasteiger partial charge in [-0.05, 0) is 11.8 Å². The molecule has 0 saturated heterocycles. The predicted molar refractivity (Wildman–Crippen MR) is 83.7 cm³/mol. The number of Topliss-reactive ketones (excluding diaryl/α,β-unsaturated/α-hetero) is 1. The fourth-order valence-electron chi connectivity index (χ4n) is 2.15. The third-order valence-electron chi connectivity index (χ3n) is 3.63. The van der Waals surface area contributed by atoms with Gasteiger partial charge in [-0.1, -0.05) is 27.7 Å². The third-order valence-corrected chi connectivity index (χ3v) is 3.63. The highest BCUT2D eigenvalue weighted by molar-refractivity contribution is 5.97. The van der Waals surface area contributed by atoms with Crippen molar-refractivity contribution in [2.24, 2.45) is 17.8 Å². The molecule has 0 radical (unpaired) electrons. The summed E-state index contributed by atoms with van der Waals surface area (Å²) in [7, 11) is 0. The van der Waals surface area contributed by atoms with E-state index in [0.29, 0.717) is 0 Å². The molecular formula is C16H23N3O4. The first-order chi connectivity index (χ1) is 10.7. The van der Waals surface area contributed by atoms with E-state index < -0.39 is 23.8 Å². The first kappa shape index (κ1) is 18.7. The van der Waals surface area contributed by atoms with Crippen molar-refractivity contribution < 1.29 is 19.5 Å². The van der Waals surface area contributed by atoms with E-state index in [1.165, 1.54) is 18.6 Å². The Labute approximate surface area is 135 Å². The molecule has 7 nitrogen and oxygen atoms in total. The first-order valence-corrected chi connectivity index (χ1v) is 7.56. The second kappa shape index (κ2) is 8.36. The zero-order valence-electron chi connectivity index (χ0n) is 13.8. The van der Waals surface area contributed by atoms with Crippen LogP contribution in [0.15, 0.2) is 18.6 Å². The highest BCUT2D eigenvalue weighted by atomic mass is 16.4. The Bertz CT molecular complexity index is 558. The van der Waals surface area contributed by atoms with E-state index in [1.807, 2.05) is 13.8 Å². The number of aromatic nitrogens is 2. The number of carbonyl (C=O) groups excluding carboxylic acids is 2. The molecule has 126 valence electrons. The summed E-state index contributed by atoms with van der Waals surface area (Å²) in [5.74, 6) is -2.79. The van der Waals surface area contributed by atoms with Crippen molar-refractivity contribution in [1.82, 2.24) is 15.3 Å². The fourth-order valence-corrected chi connectivity index (χ4v) is 2.15. The third kappa shape index (κ3) is 5.43. The van der Waals surface area contributed by atoms with Crippen molar-refractivity contribution in [3.05, 3.63) is 24.3 Å². The van der Waals surface area contributed by atoms with Crippen molar-refractivity contribution in [2.75, 3.05) is 0 Å². The Kier molecular flexibility index (Phi) is 6.81. The van der Waals surface area contributed by atoms with Crippen LogP contribution in [-0.4, -0.2) is 38.8 Å². The number of carboxylic acids is 1. The molecule has 0 fully saturated rings. The van der Waals surface area contributed by atoms with Gasteiger partial charge in [-0.25, -0.2) is 9.78 Å². The van der Waals surface area contributed by atoms with Gasteiger partial charge in [0.05, 0.1) is 6.20 Å². The number of hydrogen-bond acceptors (Lipinski definition) is 5. The van der Waals surface area contributed by atoms with Gasteiger partial charge in [0.25, 0.3) is 0 Å². The highest BCUT2D eigenvalue weighted by Crippen LogP contribution is 2.19. The van der Waals surface area contributed by atoms with Crippen LogP contribution in [0.2, 0.25) is 0 Å². The average Bonchev–Trinajstić information content (AvgIpc) is 2.49.